The molecule has 1 N–H and O–H groups in total. The van der Waals surface area contributed by atoms with Gasteiger partial charge in [-0.15, -0.1) is 0 Å². The molecular formula is C27H30FN3O2. The quantitative estimate of drug-likeness (QED) is 0.563. The Balaban J connectivity index is 1.42. The summed E-state index contributed by atoms with van der Waals surface area (Å²) in [6.45, 7) is 5.20. The van der Waals surface area contributed by atoms with Crippen LogP contribution in [0.2, 0.25) is 0 Å². The van der Waals surface area contributed by atoms with Crippen LogP contribution >= 0.6 is 0 Å². The predicted molar refractivity (Wildman–Crippen MR) is 128 cm³/mol. The third-order valence-corrected chi connectivity index (χ3v) is 6.13. The van der Waals surface area contributed by atoms with Crippen LogP contribution in [0.5, 0.6) is 0 Å². The maximum absolute atomic E-state index is 13.0. The summed E-state index contributed by atoms with van der Waals surface area (Å²) in [5, 5.41) is 3.82. The topological polar surface area (TPSA) is 62.3 Å². The molecule has 1 saturated heterocycles. The standard InChI is InChI=1S/C27H30FN3O2/c1-18(2)29-27(33)23-16-25(30-24-8-4-3-7-22(23)24)20-14-15-31(17-20)26(32)9-5-6-19-10-12-21(28)13-11-19/h3-4,7-8,10-13,16,18,20H,5-6,9,14-15,17H2,1-2H3,(H,29,33). The summed E-state index contributed by atoms with van der Waals surface area (Å²) < 4.78 is 13.0. The minimum Gasteiger partial charge on any atom is -0.350 e. The molecule has 2 heterocycles. The van der Waals surface area contributed by atoms with Crippen LogP contribution < -0.4 is 5.32 Å². The van der Waals surface area contributed by atoms with E-state index in [9.17, 15) is 14.0 Å². The van der Waals surface area contributed by atoms with Gasteiger partial charge >= 0.3 is 0 Å². The van der Waals surface area contributed by atoms with Gasteiger partial charge in [0, 0.05) is 42.6 Å². The smallest absolute Gasteiger partial charge is 0.252 e. The van der Waals surface area contributed by atoms with Gasteiger partial charge in [-0.3, -0.25) is 14.6 Å². The van der Waals surface area contributed by atoms with Crippen LogP contribution in [0.15, 0.2) is 54.6 Å². The van der Waals surface area contributed by atoms with Gasteiger partial charge in [-0.05, 0) is 62.9 Å². The zero-order chi connectivity index (χ0) is 23.4. The van der Waals surface area contributed by atoms with E-state index in [1.54, 1.807) is 12.1 Å². The van der Waals surface area contributed by atoms with Gasteiger partial charge in [-0.2, -0.15) is 0 Å². The number of carbonyl (C=O) groups is 2. The van der Waals surface area contributed by atoms with E-state index in [1.165, 1.54) is 12.1 Å². The van der Waals surface area contributed by atoms with Crippen molar-refractivity contribution in [1.82, 2.24) is 15.2 Å². The highest BCUT2D eigenvalue weighted by atomic mass is 19.1. The van der Waals surface area contributed by atoms with Crippen LogP contribution in [0.25, 0.3) is 10.9 Å². The molecule has 172 valence electrons. The first-order valence-corrected chi connectivity index (χ1v) is 11.6. The number of likely N-dealkylation sites (tertiary alicyclic amines) is 1. The highest BCUT2D eigenvalue weighted by Crippen LogP contribution is 2.30. The van der Waals surface area contributed by atoms with Gasteiger partial charge in [0.05, 0.1) is 11.1 Å². The average Bonchev–Trinajstić information content (AvgIpc) is 3.29. The lowest BCUT2D eigenvalue weighted by molar-refractivity contribution is -0.130. The number of aromatic nitrogens is 1. The van der Waals surface area contributed by atoms with Crippen molar-refractivity contribution in [1.29, 1.82) is 0 Å². The third-order valence-electron chi connectivity index (χ3n) is 6.13. The second-order valence-electron chi connectivity index (χ2n) is 9.05. The third kappa shape index (κ3) is 5.56. The Labute approximate surface area is 194 Å². The highest BCUT2D eigenvalue weighted by molar-refractivity contribution is 6.06. The van der Waals surface area contributed by atoms with Gasteiger partial charge < -0.3 is 10.2 Å². The molecule has 5 nitrogen and oxygen atoms in total. The van der Waals surface area contributed by atoms with Crippen molar-refractivity contribution in [2.75, 3.05) is 13.1 Å². The van der Waals surface area contributed by atoms with Gasteiger partial charge in [0.15, 0.2) is 0 Å². The van der Waals surface area contributed by atoms with E-state index in [4.69, 9.17) is 4.98 Å². The van der Waals surface area contributed by atoms with Crippen LogP contribution in [0.1, 0.15) is 60.6 Å². The first-order valence-electron chi connectivity index (χ1n) is 11.6. The zero-order valence-electron chi connectivity index (χ0n) is 19.2. The van der Waals surface area contributed by atoms with Crippen molar-refractivity contribution in [3.05, 3.63) is 77.2 Å². The second kappa shape index (κ2) is 10.1. The van der Waals surface area contributed by atoms with E-state index in [0.29, 0.717) is 25.1 Å². The van der Waals surface area contributed by atoms with Crippen LogP contribution in [-0.4, -0.2) is 40.8 Å². The molecule has 33 heavy (non-hydrogen) atoms. The number of pyridine rings is 1. The summed E-state index contributed by atoms with van der Waals surface area (Å²) in [6, 6.07) is 16.1. The van der Waals surface area contributed by atoms with Gasteiger partial charge in [0.1, 0.15) is 5.82 Å². The second-order valence-corrected chi connectivity index (χ2v) is 9.05. The van der Waals surface area contributed by atoms with E-state index < -0.39 is 0 Å². The Morgan fingerprint density at radius 3 is 2.67 bits per heavy atom. The van der Waals surface area contributed by atoms with Crippen molar-refractivity contribution in [3.8, 4) is 0 Å². The molecule has 1 unspecified atom stereocenters. The molecule has 0 saturated carbocycles. The minimum absolute atomic E-state index is 0.0439. The number of aryl methyl sites for hydroxylation is 1. The molecular weight excluding hydrogens is 417 g/mol. The van der Waals surface area contributed by atoms with E-state index >= 15 is 0 Å². The Kier molecular flexibility index (Phi) is 7.02. The predicted octanol–water partition coefficient (Wildman–Crippen LogP) is 4.85. The van der Waals surface area contributed by atoms with E-state index in [0.717, 1.165) is 41.4 Å². The SMILES string of the molecule is CC(C)NC(=O)c1cc(C2CCN(C(=O)CCCc3ccc(F)cc3)C2)nc2ccccc12. The van der Waals surface area contributed by atoms with Gasteiger partial charge in [0.2, 0.25) is 5.91 Å². The summed E-state index contributed by atoms with van der Waals surface area (Å²) >= 11 is 0. The number of carbonyl (C=O) groups excluding carboxylic acids is 2. The minimum atomic E-state index is -0.245. The molecule has 0 radical (unpaired) electrons. The maximum atomic E-state index is 13.0. The Morgan fingerprint density at radius 2 is 1.91 bits per heavy atom. The summed E-state index contributed by atoms with van der Waals surface area (Å²) in [4.78, 5) is 32.3. The molecule has 6 heteroatoms. The number of nitrogens with one attached hydrogen (secondary N) is 1. The average molecular weight is 448 g/mol. The number of rotatable bonds is 7. The number of nitrogens with zero attached hydrogens (tertiary/aromatic N) is 2. The first kappa shape index (κ1) is 22.9. The Bertz CT molecular complexity index is 1140. The molecule has 1 aliphatic rings. The zero-order valence-corrected chi connectivity index (χ0v) is 19.2. The van der Waals surface area contributed by atoms with E-state index in [2.05, 4.69) is 5.32 Å². The molecule has 1 aromatic heterocycles. The lowest BCUT2D eigenvalue weighted by Crippen LogP contribution is -2.30. The van der Waals surface area contributed by atoms with Crippen LogP contribution in [0, 0.1) is 5.82 Å². The number of halogens is 1. The molecule has 0 bridgehead atoms. The van der Waals surface area contributed by atoms with Crippen molar-refractivity contribution in [2.24, 2.45) is 0 Å². The van der Waals surface area contributed by atoms with E-state index in [1.807, 2.05) is 49.1 Å². The lowest BCUT2D eigenvalue weighted by atomic mass is 9.99. The first-order chi connectivity index (χ1) is 15.9. The summed E-state index contributed by atoms with van der Waals surface area (Å²) in [5.74, 6) is -0.0962. The summed E-state index contributed by atoms with van der Waals surface area (Å²) in [6.07, 6.45) is 2.79. The molecule has 2 aromatic carbocycles. The summed E-state index contributed by atoms with van der Waals surface area (Å²) in [5.41, 5.74) is 3.33. The van der Waals surface area contributed by atoms with Crippen molar-refractivity contribution in [2.45, 2.75) is 51.5 Å². The fraction of sp³-hybridized carbons (Fsp3) is 0.370. The Hall–Kier alpha value is -3.28. The van der Waals surface area contributed by atoms with E-state index in [-0.39, 0.29) is 29.6 Å². The molecule has 1 fully saturated rings. The van der Waals surface area contributed by atoms with Crippen molar-refractivity contribution in [3.63, 3.8) is 0 Å². The number of para-hydroxylation sites is 1. The molecule has 1 atom stereocenters. The largest absolute Gasteiger partial charge is 0.350 e. The molecule has 4 rings (SSSR count). The molecule has 0 spiro atoms. The molecule has 1 aliphatic heterocycles. The fourth-order valence-electron chi connectivity index (χ4n) is 4.41. The molecule has 0 aliphatic carbocycles. The van der Waals surface area contributed by atoms with Gasteiger partial charge in [-0.25, -0.2) is 4.39 Å². The number of hydrogen-bond acceptors (Lipinski definition) is 3. The maximum Gasteiger partial charge on any atom is 0.252 e. The monoisotopic (exact) mass is 447 g/mol. The highest BCUT2D eigenvalue weighted by Gasteiger charge is 2.29. The normalized spacial score (nSPS) is 15.9. The van der Waals surface area contributed by atoms with Crippen molar-refractivity contribution < 1.29 is 14.0 Å². The number of benzene rings is 2. The summed E-state index contributed by atoms with van der Waals surface area (Å²) in [7, 11) is 0. The van der Waals surface area contributed by atoms with Crippen LogP contribution in [0.4, 0.5) is 4.39 Å². The number of amides is 2. The van der Waals surface area contributed by atoms with Gasteiger partial charge in [-0.1, -0.05) is 30.3 Å². The number of fused-ring (bicyclic) bond motifs is 1. The van der Waals surface area contributed by atoms with Crippen LogP contribution in [-0.2, 0) is 11.2 Å². The fourth-order valence-corrected chi connectivity index (χ4v) is 4.41. The lowest BCUT2D eigenvalue weighted by Gasteiger charge is -2.18. The molecule has 2 amide bonds. The van der Waals surface area contributed by atoms with Gasteiger partial charge in [0.25, 0.3) is 5.91 Å². The van der Waals surface area contributed by atoms with Crippen molar-refractivity contribution >= 4 is 22.7 Å². The number of hydrogen-bond donors (Lipinski definition) is 1. The Morgan fingerprint density at radius 1 is 1.15 bits per heavy atom. The molecule has 3 aromatic rings. The van der Waals surface area contributed by atoms with Crippen LogP contribution in [0.3, 0.4) is 0 Å².